The van der Waals surface area contributed by atoms with Gasteiger partial charge in [0.1, 0.15) is 0 Å². The summed E-state index contributed by atoms with van der Waals surface area (Å²) in [5.41, 5.74) is 0. The Morgan fingerprint density at radius 2 is 1.13 bits per heavy atom. The number of hydrogen-bond donors (Lipinski definition) is 0. The van der Waals surface area contributed by atoms with E-state index in [9.17, 15) is 0 Å². The molecule has 3 fully saturated rings. The van der Waals surface area contributed by atoms with E-state index >= 15 is 0 Å². The third-order valence-corrected chi connectivity index (χ3v) is 10.4. The van der Waals surface area contributed by atoms with Gasteiger partial charge in [0.05, 0.1) is 0 Å². The fraction of sp³-hybridized carbons (Fsp3) is 0.871. The molecule has 0 heterocycles. The summed E-state index contributed by atoms with van der Waals surface area (Å²) in [6.45, 7) is 6.26. The Labute approximate surface area is 194 Å². The third-order valence-electron chi connectivity index (χ3n) is 10.4. The van der Waals surface area contributed by atoms with Crippen LogP contribution in [0.15, 0.2) is 24.8 Å². The van der Waals surface area contributed by atoms with E-state index in [1.165, 1.54) is 51.4 Å². The maximum absolute atomic E-state index is 3.89. The highest BCUT2D eigenvalue weighted by atomic mass is 14.4. The molecule has 0 radical (unpaired) electrons. The molecule has 0 saturated heterocycles. The molecule has 31 heavy (non-hydrogen) atoms. The highest BCUT2D eigenvalue weighted by molar-refractivity contribution is 5.01. The van der Waals surface area contributed by atoms with E-state index in [1.54, 1.807) is 64.2 Å². The van der Waals surface area contributed by atoms with Gasteiger partial charge in [0.2, 0.25) is 0 Å². The predicted octanol–water partition coefficient (Wildman–Crippen LogP) is 9.75. The van der Waals surface area contributed by atoms with Crippen LogP contribution >= 0.6 is 0 Å². The molecule has 0 N–H and O–H groups in total. The summed E-state index contributed by atoms with van der Waals surface area (Å²) in [5.74, 6) is 8.16. The molecule has 2 atom stereocenters. The summed E-state index contributed by atoms with van der Waals surface area (Å²) in [4.78, 5) is 0. The molecule has 4 rings (SSSR count). The minimum absolute atomic E-state index is 0.836. The van der Waals surface area contributed by atoms with Crippen LogP contribution in [0.4, 0.5) is 0 Å². The van der Waals surface area contributed by atoms with Crippen LogP contribution in [0.25, 0.3) is 0 Å². The van der Waals surface area contributed by atoms with Crippen LogP contribution < -0.4 is 0 Å². The molecule has 0 spiro atoms. The zero-order valence-corrected chi connectivity index (χ0v) is 20.8. The molecule has 4 aliphatic carbocycles. The molecule has 0 heteroatoms. The van der Waals surface area contributed by atoms with Crippen molar-refractivity contribution >= 4 is 0 Å². The highest BCUT2D eigenvalue weighted by Crippen LogP contribution is 2.47. The van der Waals surface area contributed by atoms with Crippen molar-refractivity contribution in [3.05, 3.63) is 24.8 Å². The van der Waals surface area contributed by atoms with Crippen LogP contribution in [0, 0.1) is 47.3 Å². The lowest BCUT2D eigenvalue weighted by atomic mass is 9.63. The first kappa shape index (κ1) is 23.6. The van der Waals surface area contributed by atoms with Crippen molar-refractivity contribution in [2.75, 3.05) is 0 Å². The summed E-state index contributed by atoms with van der Waals surface area (Å²) in [7, 11) is 0. The van der Waals surface area contributed by atoms with Gasteiger partial charge in [-0.1, -0.05) is 50.8 Å². The number of rotatable bonds is 8. The SMILES string of the molecule is C=CCCC1C=CC(C2CCC(C3CCC(C4CCC(CCC)CC4)CC3)CC2)CC1. The van der Waals surface area contributed by atoms with Gasteiger partial charge >= 0.3 is 0 Å². The van der Waals surface area contributed by atoms with E-state index in [-0.39, 0.29) is 0 Å². The Hall–Kier alpha value is -0.520. The topological polar surface area (TPSA) is 0 Å². The van der Waals surface area contributed by atoms with Gasteiger partial charge in [-0.2, -0.15) is 0 Å². The first-order valence-electron chi connectivity index (χ1n) is 14.6. The van der Waals surface area contributed by atoms with Gasteiger partial charge in [0, 0.05) is 0 Å². The van der Waals surface area contributed by atoms with Crippen molar-refractivity contribution in [1.29, 1.82) is 0 Å². The van der Waals surface area contributed by atoms with Crippen molar-refractivity contribution in [3.8, 4) is 0 Å². The minimum Gasteiger partial charge on any atom is -0.103 e. The molecule has 2 unspecified atom stereocenters. The summed E-state index contributed by atoms with van der Waals surface area (Å²) < 4.78 is 0. The Kier molecular flexibility index (Phi) is 9.21. The van der Waals surface area contributed by atoms with Gasteiger partial charge in [0.25, 0.3) is 0 Å². The first-order valence-corrected chi connectivity index (χ1v) is 14.6. The van der Waals surface area contributed by atoms with Crippen molar-refractivity contribution in [2.45, 2.75) is 122 Å². The van der Waals surface area contributed by atoms with Gasteiger partial charge in [0.15, 0.2) is 0 Å². The van der Waals surface area contributed by atoms with E-state index in [0.29, 0.717) is 0 Å². The molecule has 0 amide bonds. The predicted molar refractivity (Wildman–Crippen MR) is 136 cm³/mol. The van der Waals surface area contributed by atoms with E-state index in [2.05, 4.69) is 31.7 Å². The summed E-state index contributed by atoms with van der Waals surface area (Å²) in [6, 6.07) is 0. The molecule has 3 saturated carbocycles. The molecule has 4 aliphatic rings. The maximum atomic E-state index is 3.89. The second-order valence-electron chi connectivity index (χ2n) is 12.2. The highest BCUT2D eigenvalue weighted by Gasteiger charge is 2.35. The van der Waals surface area contributed by atoms with E-state index in [0.717, 1.165) is 47.3 Å². The molecule has 0 aliphatic heterocycles. The van der Waals surface area contributed by atoms with Crippen LogP contribution in [0.5, 0.6) is 0 Å². The Balaban J connectivity index is 1.14. The molecule has 176 valence electrons. The van der Waals surface area contributed by atoms with Crippen LogP contribution in [0.3, 0.4) is 0 Å². The van der Waals surface area contributed by atoms with Gasteiger partial charge in [-0.15, -0.1) is 6.58 Å². The van der Waals surface area contributed by atoms with Crippen molar-refractivity contribution in [3.63, 3.8) is 0 Å². The molecule has 0 nitrogen and oxygen atoms in total. The van der Waals surface area contributed by atoms with Crippen LogP contribution in [0.2, 0.25) is 0 Å². The largest absolute Gasteiger partial charge is 0.103 e. The van der Waals surface area contributed by atoms with E-state index < -0.39 is 0 Å². The van der Waals surface area contributed by atoms with Gasteiger partial charge in [-0.05, 0) is 137 Å². The summed E-state index contributed by atoms with van der Waals surface area (Å²) >= 11 is 0. The Morgan fingerprint density at radius 1 is 0.613 bits per heavy atom. The van der Waals surface area contributed by atoms with Crippen LogP contribution in [-0.2, 0) is 0 Å². The normalized spacial score (nSPS) is 41.7. The van der Waals surface area contributed by atoms with Crippen molar-refractivity contribution in [2.24, 2.45) is 47.3 Å². The zero-order chi connectivity index (χ0) is 21.5. The Bertz CT molecular complexity index is 534. The van der Waals surface area contributed by atoms with Crippen molar-refractivity contribution in [1.82, 2.24) is 0 Å². The fourth-order valence-corrected chi connectivity index (χ4v) is 8.35. The van der Waals surface area contributed by atoms with Gasteiger partial charge < -0.3 is 0 Å². The Morgan fingerprint density at radius 3 is 1.58 bits per heavy atom. The molecular formula is C31H52. The van der Waals surface area contributed by atoms with Crippen LogP contribution in [-0.4, -0.2) is 0 Å². The lowest BCUT2D eigenvalue weighted by Gasteiger charge is -2.42. The molecule has 0 aromatic rings. The summed E-state index contributed by atoms with van der Waals surface area (Å²) in [5, 5.41) is 0. The van der Waals surface area contributed by atoms with E-state index in [4.69, 9.17) is 0 Å². The minimum atomic E-state index is 0.836. The first-order chi connectivity index (χ1) is 15.3. The second kappa shape index (κ2) is 12.1. The third kappa shape index (κ3) is 6.51. The molecular weight excluding hydrogens is 372 g/mol. The monoisotopic (exact) mass is 424 g/mol. The average molecular weight is 425 g/mol. The molecule has 0 bridgehead atoms. The zero-order valence-electron chi connectivity index (χ0n) is 20.8. The van der Waals surface area contributed by atoms with Crippen molar-refractivity contribution < 1.29 is 0 Å². The van der Waals surface area contributed by atoms with Gasteiger partial charge in [-0.3, -0.25) is 0 Å². The number of hydrogen-bond acceptors (Lipinski definition) is 0. The van der Waals surface area contributed by atoms with E-state index in [1.807, 2.05) is 0 Å². The standard InChI is InChI=1S/C31H52/c1-3-5-7-25-10-14-27(15-11-25)29-18-22-31(23-19-29)30-20-16-28(17-21-30)26-12-8-24(6-4-2)9-13-26/h3,10,14,24-31H,1,4-9,11-13,15-23H2,2H3. The number of allylic oxidation sites excluding steroid dienone is 3. The maximum Gasteiger partial charge on any atom is -0.0205 e. The fourth-order valence-electron chi connectivity index (χ4n) is 8.35. The lowest BCUT2D eigenvalue weighted by molar-refractivity contribution is 0.0967. The van der Waals surface area contributed by atoms with Gasteiger partial charge in [-0.25, -0.2) is 0 Å². The molecule has 0 aromatic carbocycles. The second-order valence-corrected chi connectivity index (χ2v) is 12.2. The summed E-state index contributed by atoms with van der Waals surface area (Å²) in [6.07, 6.45) is 34.2. The quantitative estimate of drug-likeness (QED) is 0.340. The van der Waals surface area contributed by atoms with Crippen LogP contribution in [0.1, 0.15) is 122 Å². The smallest absolute Gasteiger partial charge is 0.0205 e. The molecule has 0 aromatic heterocycles. The average Bonchev–Trinajstić information content (AvgIpc) is 2.84. The lowest BCUT2D eigenvalue weighted by Crippen LogP contribution is -2.31.